The number of benzene rings is 1. The highest BCUT2D eigenvalue weighted by atomic mass is 16.6. The molecular formula is C21H35NO3. The lowest BCUT2D eigenvalue weighted by Crippen LogP contribution is -2.44. The minimum absolute atomic E-state index is 0.0218. The Kier molecular flexibility index (Phi) is 7.48. The van der Waals surface area contributed by atoms with Gasteiger partial charge in [-0.3, -0.25) is 0 Å². The summed E-state index contributed by atoms with van der Waals surface area (Å²) in [7, 11) is 0. The fourth-order valence-electron chi connectivity index (χ4n) is 3.43. The lowest BCUT2D eigenvalue weighted by atomic mass is 9.75. The van der Waals surface area contributed by atoms with Gasteiger partial charge in [0.1, 0.15) is 5.60 Å². The first-order chi connectivity index (χ1) is 11.4. The molecule has 142 valence electrons. The Bertz CT molecular complexity index is 555. The molecule has 0 spiro atoms. The van der Waals surface area contributed by atoms with Gasteiger partial charge in [-0.25, -0.2) is 4.79 Å². The molecule has 2 N–H and O–H groups in total. The number of aryl methyl sites for hydroxylation is 2. The second-order valence-corrected chi connectivity index (χ2v) is 8.78. The summed E-state index contributed by atoms with van der Waals surface area (Å²) in [5, 5.41) is 13.0. The van der Waals surface area contributed by atoms with Crippen LogP contribution in [0.15, 0.2) is 18.2 Å². The summed E-state index contributed by atoms with van der Waals surface area (Å²) in [5.41, 5.74) is 2.69. The molecule has 1 aromatic rings. The van der Waals surface area contributed by atoms with E-state index in [2.05, 4.69) is 51.2 Å². The Morgan fingerprint density at radius 3 is 2.16 bits per heavy atom. The summed E-state index contributed by atoms with van der Waals surface area (Å²) in [6.45, 7) is 14.4. The van der Waals surface area contributed by atoms with Gasteiger partial charge in [0.05, 0.1) is 6.61 Å². The van der Waals surface area contributed by atoms with Crippen LogP contribution in [-0.2, 0) is 11.2 Å². The van der Waals surface area contributed by atoms with E-state index in [0.717, 1.165) is 12.8 Å². The molecule has 0 heterocycles. The standard InChI is InChI=1S/C21H35NO3/c1-15(2)11-21(14-23,13-22-19(24)25-20(5,6)7)12-18-9-16(3)8-17(4)10-18/h8-10,15,23H,11-14H2,1-7H3,(H,22,24). The molecular weight excluding hydrogens is 314 g/mol. The quantitative estimate of drug-likeness (QED) is 0.767. The van der Waals surface area contributed by atoms with Crippen LogP contribution in [0.3, 0.4) is 0 Å². The molecule has 1 rings (SSSR count). The third kappa shape index (κ3) is 7.91. The summed E-state index contributed by atoms with van der Waals surface area (Å²) < 4.78 is 5.34. The molecule has 0 aliphatic carbocycles. The predicted octanol–water partition coefficient (Wildman–Crippen LogP) is 4.40. The topological polar surface area (TPSA) is 58.6 Å². The number of rotatable bonds is 7. The van der Waals surface area contributed by atoms with Gasteiger partial charge in [-0.2, -0.15) is 0 Å². The zero-order valence-electron chi connectivity index (χ0n) is 16.9. The molecule has 0 aliphatic heterocycles. The van der Waals surface area contributed by atoms with Crippen molar-refractivity contribution in [1.82, 2.24) is 5.32 Å². The summed E-state index contributed by atoms with van der Waals surface area (Å²) in [5.74, 6) is 0.415. The van der Waals surface area contributed by atoms with Crippen molar-refractivity contribution in [1.29, 1.82) is 0 Å². The average molecular weight is 350 g/mol. The van der Waals surface area contributed by atoms with Crippen LogP contribution in [0.2, 0.25) is 0 Å². The smallest absolute Gasteiger partial charge is 0.407 e. The van der Waals surface area contributed by atoms with Gasteiger partial charge < -0.3 is 15.2 Å². The molecule has 4 nitrogen and oxygen atoms in total. The Labute approximate surface area is 153 Å². The van der Waals surface area contributed by atoms with E-state index in [1.807, 2.05) is 20.8 Å². The molecule has 1 atom stereocenters. The maximum atomic E-state index is 12.1. The van der Waals surface area contributed by atoms with Crippen molar-refractivity contribution in [2.24, 2.45) is 11.3 Å². The molecule has 1 aromatic carbocycles. The van der Waals surface area contributed by atoms with Gasteiger partial charge in [-0.05, 0) is 58.9 Å². The van der Waals surface area contributed by atoms with Gasteiger partial charge in [-0.1, -0.05) is 43.2 Å². The zero-order valence-corrected chi connectivity index (χ0v) is 16.9. The Morgan fingerprint density at radius 2 is 1.72 bits per heavy atom. The third-order valence-corrected chi connectivity index (χ3v) is 4.04. The van der Waals surface area contributed by atoms with E-state index < -0.39 is 17.1 Å². The van der Waals surface area contributed by atoms with E-state index in [4.69, 9.17) is 4.74 Å². The first kappa shape index (κ1) is 21.5. The zero-order chi connectivity index (χ0) is 19.3. The van der Waals surface area contributed by atoms with Gasteiger partial charge in [0.15, 0.2) is 0 Å². The van der Waals surface area contributed by atoms with Crippen molar-refractivity contribution >= 4 is 6.09 Å². The molecule has 0 radical (unpaired) electrons. The molecule has 0 fully saturated rings. The van der Waals surface area contributed by atoms with Crippen LogP contribution in [0.4, 0.5) is 4.79 Å². The molecule has 0 saturated carbocycles. The highest BCUT2D eigenvalue weighted by Gasteiger charge is 2.32. The summed E-state index contributed by atoms with van der Waals surface area (Å²) in [4.78, 5) is 12.1. The highest BCUT2D eigenvalue weighted by molar-refractivity contribution is 5.67. The molecule has 4 heteroatoms. The van der Waals surface area contributed by atoms with Crippen molar-refractivity contribution in [3.8, 4) is 0 Å². The maximum Gasteiger partial charge on any atom is 0.407 e. The van der Waals surface area contributed by atoms with Gasteiger partial charge in [-0.15, -0.1) is 0 Å². The minimum Gasteiger partial charge on any atom is -0.444 e. The van der Waals surface area contributed by atoms with E-state index in [0.29, 0.717) is 12.5 Å². The van der Waals surface area contributed by atoms with Crippen molar-refractivity contribution in [2.45, 2.75) is 66.9 Å². The normalized spacial score (nSPS) is 14.3. The number of hydrogen-bond donors (Lipinski definition) is 2. The van der Waals surface area contributed by atoms with Gasteiger partial charge >= 0.3 is 6.09 Å². The Morgan fingerprint density at radius 1 is 1.16 bits per heavy atom. The Hall–Kier alpha value is -1.55. The second kappa shape index (κ2) is 8.70. The SMILES string of the molecule is Cc1cc(C)cc(CC(CO)(CNC(=O)OC(C)(C)C)CC(C)C)c1. The maximum absolute atomic E-state index is 12.1. The number of carbonyl (C=O) groups is 1. The first-order valence-electron chi connectivity index (χ1n) is 9.09. The van der Waals surface area contributed by atoms with E-state index in [1.165, 1.54) is 16.7 Å². The molecule has 0 saturated heterocycles. The largest absolute Gasteiger partial charge is 0.444 e. The molecule has 0 bridgehead atoms. The number of carbonyl (C=O) groups excluding carboxylic acids is 1. The molecule has 0 aliphatic rings. The number of ether oxygens (including phenoxy) is 1. The van der Waals surface area contributed by atoms with Crippen molar-refractivity contribution in [3.63, 3.8) is 0 Å². The van der Waals surface area contributed by atoms with Crippen molar-refractivity contribution in [2.75, 3.05) is 13.2 Å². The van der Waals surface area contributed by atoms with E-state index in [9.17, 15) is 9.90 Å². The average Bonchev–Trinajstić information content (AvgIpc) is 2.41. The number of alkyl carbamates (subject to hydrolysis) is 1. The van der Waals surface area contributed by atoms with Crippen LogP contribution < -0.4 is 5.32 Å². The summed E-state index contributed by atoms with van der Waals surface area (Å²) in [6, 6.07) is 6.46. The van der Waals surface area contributed by atoms with Crippen LogP contribution in [0.1, 0.15) is 57.7 Å². The fraction of sp³-hybridized carbons (Fsp3) is 0.667. The fourth-order valence-corrected chi connectivity index (χ4v) is 3.43. The van der Waals surface area contributed by atoms with Crippen molar-refractivity contribution < 1.29 is 14.6 Å². The van der Waals surface area contributed by atoms with Crippen LogP contribution >= 0.6 is 0 Å². The van der Waals surface area contributed by atoms with Gasteiger partial charge in [0, 0.05) is 12.0 Å². The molecule has 25 heavy (non-hydrogen) atoms. The molecule has 1 unspecified atom stereocenters. The van der Waals surface area contributed by atoms with E-state index in [1.54, 1.807) is 0 Å². The van der Waals surface area contributed by atoms with Crippen LogP contribution in [-0.4, -0.2) is 30.0 Å². The van der Waals surface area contributed by atoms with Gasteiger partial charge in [0.25, 0.3) is 0 Å². The van der Waals surface area contributed by atoms with Gasteiger partial charge in [0.2, 0.25) is 0 Å². The van der Waals surface area contributed by atoms with E-state index in [-0.39, 0.29) is 6.61 Å². The third-order valence-electron chi connectivity index (χ3n) is 4.04. The van der Waals surface area contributed by atoms with Crippen LogP contribution in [0, 0.1) is 25.2 Å². The monoisotopic (exact) mass is 349 g/mol. The summed E-state index contributed by atoms with van der Waals surface area (Å²) >= 11 is 0. The summed E-state index contributed by atoms with van der Waals surface area (Å²) in [6.07, 6.45) is 1.11. The minimum atomic E-state index is -0.530. The van der Waals surface area contributed by atoms with Crippen LogP contribution in [0.25, 0.3) is 0 Å². The Balaban J connectivity index is 2.94. The number of aliphatic hydroxyl groups excluding tert-OH is 1. The van der Waals surface area contributed by atoms with Crippen LogP contribution in [0.5, 0.6) is 0 Å². The number of hydrogen-bond acceptors (Lipinski definition) is 3. The first-order valence-corrected chi connectivity index (χ1v) is 9.09. The predicted molar refractivity (Wildman–Crippen MR) is 103 cm³/mol. The number of nitrogens with one attached hydrogen (secondary N) is 1. The number of aliphatic hydroxyl groups is 1. The highest BCUT2D eigenvalue weighted by Crippen LogP contribution is 2.31. The lowest BCUT2D eigenvalue weighted by molar-refractivity contribution is 0.0440. The second-order valence-electron chi connectivity index (χ2n) is 8.78. The number of amides is 1. The lowest BCUT2D eigenvalue weighted by Gasteiger charge is -2.34. The molecule has 0 aromatic heterocycles. The van der Waals surface area contributed by atoms with Crippen molar-refractivity contribution in [3.05, 3.63) is 34.9 Å². The molecule has 1 amide bonds. The van der Waals surface area contributed by atoms with E-state index >= 15 is 0 Å².